The summed E-state index contributed by atoms with van der Waals surface area (Å²) < 4.78 is 21.6. The molecule has 1 aromatic carbocycles. The van der Waals surface area contributed by atoms with Crippen molar-refractivity contribution in [1.29, 1.82) is 0 Å². The first kappa shape index (κ1) is 17.0. The van der Waals surface area contributed by atoms with E-state index >= 15 is 0 Å². The first-order valence-corrected chi connectivity index (χ1v) is 8.32. The van der Waals surface area contributed by atoms with Crippen LogP contribution in [-0.4, -0.2) is 45.6 Å². The minimum absolute atomic E-state index is 0.205. The third-order valence-corrected chi connectivity index (χ3v) is 4.27. The molecule has 0 spiro atoms. The Morgan fingerprint density at radius 1 is 1.41 bits per heavy atom. The number of nitrogens with one attached hydrogen (secondary N) is 1. The summed E-state index contributed by atoms with van der Waals surface area (Å²) in [6.45, 7) is 1.84. The summed E-state index contributed by atoms with van der Waals surface area (Å²) in [7, 11) is 0. The van der Waals surface area contributed by atoms with E-state index in [1.807, 2.05) is 0 Å². The van der Waals surface area contributed by atoms with Crippen LogP contribution in [0.3, 0.4) is 0 Å². The van der Waals surface area contributed by atoms with Gasteiger partial charge in [0.1, 0.15) is 11.9 Å². The lowest BCUT2D eigenvalue weighted by Gasteiger charge is -2.14. The summed E-state index contributed by atoms with van der Waals surface area (Å²) in [5.41, 5.74) is 1.35. The standard InChI is InChI=1S/C18H16FN5O3/c1-11(25)21-8-14-10-24(18(26)27-14)13-2-3-15(16(19)6-13)12-7-22-17-20-4-5-23(17)9-12/h2-7,9,14H,8,10H2,1H3,(H,21,25)/t14-/m0/s1. The second kappa shape index (κ2) is 6.67. The first-order chi connectivity index (χ1) is 13.0. The molecule has 1 fully saturated rings. The van der Waals surface area contributed by atoms with Gasteiger partial charge in [0, 0.05) is 42.8 Å². The van der Waals surface area contributed by atoms with E-state index < -0.39 is 18.0 Å². The molecule has 138 valence electrons. The van der Waals surface area contributed by atoms with Crippen molar-refractivity contribution in [2.75, 3.05) is 18.0 Å². The molecule has 0 bridgehead atoms. The Hall–Kier alpha value is -3.49. The number of carbonyl (C=O) groups excluding carboxylic acids is 2. The number of aromatic nitrogens is 3. The Morgan fingerprint density at radius 3 is 3.04 bits per heavy atom. The molecule has 2 aromatic heterocycles. The van der Waals surface area contributed by atoms with Crippen molar-refractivity contribution in [2.24, 2.45) is 0 Å². The van der Waals surface area contributed by atoms with E-state index in [-0.39, 0.29) is 19.0 Å². The van der Waals surface area contributed by atoms with Crippen LogP contribution in [0, 0.1) is 5.82 Å². The zero-order valence-corrected chi connectivity index (χ0v) is 14.4. The molecular weight excluding hydrogens is 353 g/mol. The van der Waals surface area contributed by atoms with Gasteiger partial charge in [-0.05, 0) is 18.2 Å². The molecule has 0 radical (unpaired) electrons. The van der Waals surface area contributed by atoms with Gasteiger partial charge in [-0.15, -0.1) is 0 Å². The third-order valence-electron chi connectivity index (χ3n) is 4.27. The maximum Gasteiger partial charge on any atom is 0.414 e. The number of rotatable bonds is 4. The molecule has 27 heavy (non-hydrogen) atoms. The van der Waals surface area contributed by atoms with Gasteiger partial charge in [-0.25, -0.2) is 19.2 Å². The van der Waals surface area contributed by atoms with Crippen molar-refractivity contribution in [2.45, 2.75) is 13.0 Å². The van der Waals surface area contributed by atoms with E-state index in [1.165, 1.54) is 17.9 Å². The van der Waals surface area contributed by atoms with E-state index in [0.29, 0.717) is 22.6 Å². The Kier molecular flexibility index (Phi) is 4.19. The lowest BCUT2D eigenvalue weighted by atomic mass is 10.1. The predicted octanol–water partition coefficient (Wildman–Crippen LogP) is 2.00. The molecule has 1 saturated heterocycles. The number of benzene rings is 1. The van der Waals surface area contributed by atoms with Gasteiger partial charge in [0.25, 0.3) is 0 Å². The fourth-order valence-electron chi connectivity index (χ4n) is 2.96. The highest BCUT2D eigenvalue weighted by Gasteiger charge is 2.32. The van der Waals surface area contributed by atoms with Crippen LogP contribution in [0.1, 0.15) is 6.92 Å². The Labute approximate surface area is 153 Å². The highest BCUT2D eigenvalue weighted by atomic mass is 19.1. The molecule has 2 amide bonds. The molecule has 3 heterocycles. The summed E-state index contributed by atoms with van der Waals surface area (Å²) in [5.74, 6) is -0.156. The molecule has 0 saturated carbocycles. The minimum Gasteiger partial charge on any atom is -0.442 e. The normalized spacial score (nSPS) is 16.6. The van der Waals surface area contributed by atoms with Crippen molar-refractivity contribution < 1.29 is 18.7 Å². The molecule has 4 rings (SSSR count). The maximum absolute atomic E-state index is 14.7. The molecule has 1 aliphatic heterocycles. The summed E-state index contributed by atoms with van der Waals surface area (Å²) in [4.78, 5) is 32.6. The van der Waals surface area contributed by atoms with Gasteiger partial charge in [-0.1, -0.05) is 0 Å². The van der Waals surface area contributed by atoms with E-state index in [1.54, 1.807) is 41.3 Å². The summed E-state index contributed by atoms with van der Waals surface area (Å²) in [6.07, 6.45) is 5.58. The van der Waals surface area contributed by atoms with Gasteiger partial charge in [-0.2, -0.15) is 0 Å². The zero-order valence-electron chi connectivity index (χ0n) is 14.4. The monoisotopic (exact) mass is 369 g/mol. The van der Waals surface area contributed by atoms with Gasteiger partial charge < -0.3 is 10.1 Å². The van der Waals surface area contributed by atoms with Gasteiger partial charge >= 0.3 is 6.09 Å². The Morgan fingerprint density at radius 2 is 2.26 bits per heavy atom. The van der Waals surface area contributed by atoms with Crippen LogP contribution in [0.5, 0.6) is 0 Å². The van der Waals surface area contributed by atoms with E-state index in [0.717, 1.165) is 0 Å². The Balaban J connectivity index is 1.56. The molecule has 1 aliphatic rings. The SMILES string of the molecule is CC(=O)NC[C@H]1CN(c2ccc(-c3cnc4nccn4c3)c(F)c2)C(=O)O1. The fraction of sp³-hybridized carbons (Fsp3) is 0.222. The number of halogens is 1. The number of hydrogen-bond acceptors (Lipinski definition) is 5. The van der Waals surface area contributed by atoms with E-state index in [4.69, 9.17) is 4.74 Å². The van der Waals surface area contributed by atoms with Crippen LogP contribution in [0.2, 0.25) is 0 Å². The van der Waals surface area contributed by atoms with Crippen LogP contribution in [-0.2, 0) is 9.53 Å². The summed E-state index contributed by atoms with van der Waals surface area (Å²) in [6, 6.07) is 4.53. The average molecular weight is 369 g/mol. The Bertz CT molecular complexity index is 1030. The van der Waals surface area contributed by atoms with Crippen molar-refractivity contribution in [3.05, 3.63) is 48.8 Å². The van der Waals surface area contributed by atoms with Crippen LogP contribution in [0.25, 0.3) is 16.9 Å². The number of imidazole rings is 1. The second-order valence-corrected chi connectivity index (χ2v) is 6.19. The molecule has 1 atom stereocenters. The summed E-state index contributed by atoms with van der Waals surface area (Å²) >= 11 is 0. The van der Waals surface area contributed by atoms with Crippen molar-refractivity contribution in [1.82, 2.24) is 19.7 Å². The van der Waals surface area contributed by atoms with Crippen LogP contribution in [0.15, 0.2) is 43.0 Å². The maximum atomic E-state index is 14.7. The van der Waals surface area contributed by atoms with Crippen molar-refractivity contribution in [3.63, 3.8) is 0 Å². The van der Waals surface area contributed by atoms with Gasteiger partial charge in [-0.3, -0.25) is 14.1 Å². The number of carbonyl (C=O) groups is 2. The number of fused-ring (bicyclic) bond motifs is 1. The number of ether oxygens (including phenoxy) is 1. The van der Waals surface area contributed by atoms with Crippen LogP contribution in [0.4, 0.5) is 14.9 Å². The zero-order chi connectivity index (χ0) is 19.0. The highest BCUT2D eigenvalue weighted by Crippen LogP contribution is 2.28. The van der Waals surface area contributed by atoms with Crippen molar-refractivity contribution >= 4 is 23.5 Å². The number of hydrogen-bond donors (Lipinski definition) is 1. The van der Waals surface area contributed by atoms with Gasteiger partial charge in [0.15, 0.2) is 0 Å². The highest BCUT2D eigenvalue weighted by molar-refractivity contribution is 5.90. The predicted molar refractivity (Wildman–Crippen MR) is 94.7 cm³/mol. The molecule has 9 heteroatoms. The molecule has 1 N–H and O–H groups in total. The third kappa shape index (κ3) is 3.31. The molecule has 0 aliphatic carbocycles. The average Bonchev–Trinajstić information content (AvgIpc) is 3.25. The quantitative estimate of drug-likeness (QED) is 0.760. The number of nitrogens with zero attached hydrogens (tertiary/aromatic N) is 4. The molecule has 3 aromatic rings. The van der Waals surface area contributed by atoms with Crippen molar-refractivity contribution in [3.8, 4) is 11.1 Å². The minimum atomic E-state index is -0.570. The fourth-order valence-corrected chi connectivity index (χ4v) is 2.96. The first-order valence-electron chi connectivity index (χ1n) is 8.32. The second-order valence-electron chi connectivity index (χ2n) is 6.19. The lowest BCUT2D eigenvalue weighted by molar-refractivity contribution is -0.119. The smallest absolute Gasteiger partial charge is 0.414 e. The topological polar surface area (TPSA) is 88.8 Å². The van der Waals surface area contributed by atoms with Gasteiger partial charge in [0.05, 0.1) is 18.8 Å². The summed E-state index contributed by atoms with van der Waals surface area (Å²) in [5, 5.41) is 2.60. The van der Waals surface area contributed by atoms with E-state index in [9.17, 15) is 14.0 Å². The number of cyclic esters (lactones) is 1. The van der Waals surface area contributed by atoms with Crippen LogP contribution < -0.4 is 10.2 Å². The van der Waals surface area contributed by atoms with Crippen LogP contribution >= 0.6 is 0 Å². The van der Waals surface area contributed by atoms with E-state index in [2.05, 4.69) is 15.3 Å². The van der Waals surface area contributed by atoms with Gasteiger partial charge in [0.2, 0.25) is 11.7 Å². The molecule has 8 nitrogen and oxygen atoms in total. The molecule has 0 unspecified atom stereocenters. The number of amides is 2. The largest absolute Gasteiger partial charge is 0.442 e. The number of anilines is 1. The lowest BCUT2D eigenvalue weighted by Crippen LogP contribution is -2.33. The molecular formula is C18H16FN5O3.